The fourth-order valence-corrected chi connectivity index (χ4v) is 2.44. The standard InChI is InChI=1S/C7H4F2O2S/c8-6-4-2-1-3-5(4)7(9)12(6,10)11/h1-3,6H. The highest BCUT2D eigenvalue weighted by Gasteiger charge is 2.44. The Hall–Kier alpha value is -0.970. The van der Waals surface area contributed by atoms with Crippen LogP contribution in [0.4, 0.5) is 8.78 Å². The minimum atomic E-state index is -4.34. The van der Waals surface area contributed by atoms with Crippen LogP contribution in [0.2, 0.25) is 0 Å². The zero-order chi connectivity index (χ0) is 8.93. The molecule has 0 saturated heterocycles. The molecular formula is C7H4F2O2S. The summed E-state index contributed by atoms with van der Waals surface area (Å²) in [5.41, 5.74) is -2.45. The summed E-state index contributed by atoms with van der Waals surface area (Å²) in [6, 6.07) is 0. The molecule has 1 aliphatic carbocycles. The molecule has 2 rings (SSSR count). The molecule has 2 nitrogen and oxygen atoms in total. The van der Waals surface area contributed by atoms with Crippen molar-refractivity contribution in [2.45, 2.75) is 5.50 Å². The van der Waals surface area contributed by atoms with Crippen LogP contribution in [0.5, 0.6) is 0 Å². The Morgan fingerprint density at radius 3 is 2.67 bits per heavy atom. The molecule has 0 radical (unpaired) electrons. The SMILES string of the molecule is O=S1(=O)C(F)=C2C=CC=C2C1F. The highest BCUT2D eigenvalue weighted by atomic mass is 32.2. The molecule has 0 fully saturated rings. The van der Waals surface area contributed by atoms with E-state index in [1.165, 1.54) is 18.2 Å². The summed E-state index contributed by atoms with van der Waals surface area (Å²) in [5.74, 6) is 0. The van der Waals surface area contributed by atoms with Crippen molar-refractivity contribution < 1.29 is 17.2 Å². The number of hydrogen-bond donors (Lipinski definition) is 0. The number of fused-ring (bicyclic) bond motifs is 1. The Bertz CT molecular complexity index is 428. The third-order valence-corrected chi connectivity index (χ3v) is 3.35. The van der Waals surface area contributed by atoms with Gasteiger partial charge in [-0.1, -0.05) is 18.2 Å². The molecule has 1 atom stereocenters. The molecule has 0 spiro atoms. The van der Waals surface area contributed by atoms with Gasteiger partial charge in [-0.3, -0.25) is 0 Å². The molecule has 0 aromatic heterocycles. The van der Waals surface area contributed by atoms with E-state index in [0.29, 0.717) is 0 Å². The smallest absolute Gasteiger partial charge is 0.224 e. The molecule has 1 heterocycles. The normalized spacial score (nSPS) is 30.8. The van der Waals surface area contributed by atoms with Crippen molar-refractivity contribution in [3.05, 3.63) is 34.5 Å². The highest BCUT2D eigenvalue weighted by Crippen LogP contribution is 2.40. The number of allylic oxidation sites excluding steroid dienone is 4. The van der Waals surface area contributed by atoms with Gasteiger partial charge < -0.3 is 0 Å². The average molecular weight is 190 g/mol. The van der Waals surface area contributed by atoms with Gasteiger partial charge in [0.25, 0.3) is 0 Å². The topological polar surface area (TPSA) is 34.1 Å². The van der Waals surface area contributed by atoms with Gasteiger partial charge in [0.2, 0.25) is 20.5 Å². The van der Waals surface area contributed by atoms with Crippen molar-refractivity contribution >= 4 is 9.84 Å². The summed E-state index contributed by atoms with van der Waals surface area (Å²) in [4.78, 5) is 0. The monoisotopic (exact) mass is 190 g/mol. The molecule has 0 aromatic carbocycles. The predicted octanol–water partition coefficient (Wildman–Crippen LogP) is 1.39. The second kappa shape index (κ2) is 2.04. The molecule has 0 N–H and O–H groups in total. The first kappa shape index (κ1) is 7.67. The molecule has 0 amide bonds. The van der Waals surface area contributed by atoms with Crippen molar-refractivity contribution in [2.24, 2.45) is 0 Å². The number of hydrogen-bond acceptors (Lipinski definition) is 2. The van der Waals surface area contributed by atoms with Gasteiger partial charge >= 0.3 is 0 Å². The highest BCUT2D eigenvalue weighted by molar-refractivity contribution is 7.96. The summed E-state index contributed by atoms with van der Waals surface area (Å²) in [6.07, 6.45) is 3.94. The summed E-state index contributed by atoms with van der Waals surface area (Å²) < 4.78 is 47.4. The minimum absolute atomic E-state index is 0.0903. The van der Waals surface area contributed by atoms with Crippen LogP contribution in [-0.2, 0) is 9.84 Å². The number of halogens is 2. The van der Waals surface area contributed by atoms with Crippen LogP contribution >= 0.6 is 0 Å². The largest absolute Gasteiger partial charge is 0.242 e. The minimum Gasteiger partial charge on any atom is -0.224 e. The Labute approximate surface area is 67.8 Å². The zero-order valence-electron chi connectivity index (χ0n) is 5.79. The Balaban J connectivity index is 2.74. The lowest BCUT2D eigenvalue weighted by molar-refractivity contribution is 0.468. The zero-order valence-corrected chi connectivity index (χ0v) is 6.61. The number of rotatable bonds is 0. The molecule has 5 heteroatoms. The second-order valence-corrected chi connectivity index (χ2v) is 4.39. The fraction of sp³-hybridized carbons (Fsp3) is 0.143. The lowest BCUT2D eigenvalue weighted by Gasteiger charge is -1.97. The summed E-state index contributed by atoms with van der Waals surface area (Å²) >= 11 is 0. The van der Waals surface area contributed by atoms with Gasteiger partial charge in [0, 0.05) is 11.1 Å². The number of sulfone groups is 1. The number of alkyl halides is 1. The first-order valence-electron chi connectivity index (χ1n) is 3.21. The second-order valence-electron chi connectivity index (χ2n) is 2.53. The first-order valence-corrected chi connectivity index (χ1v) is 4.76. The Kier molecular flexibility index (Phi) is 1.30. The van der Waals surface area contributed by atoms with Crippen molar-refractivity contribution in [3.63, 3.8) is 0 Å². The van der Waals surface area contributed by atoms with E-state index < -0.39 is 20.5 Å². The van der Waals surface area contributed by atoms with Gasteiger partial charge in [0.15, 0.2) is 0 Å². The van der Waals surface area contributed by atoms with E-state index in [4.69, 9.17) is 0 Å². The van der Waals surface area contributed by atoms with Gasteiger partial charge in [0.05, 0.1) is 0 Å². The maximum atomic E-state index is 12.9. The molecule has 0 bridgehead atoms. The van der Waals surface area contributed by atoms with Crippen LogP contribution in [0, 0.1) is 0 Å². The summed E-state index contributed by atoms with van der Waals surface area (Å²) in [7, 11) is -4.34. The molecule has 64 valence electrons. The van der Waals surface area contributed by atoms with E-state index >= 15 is 0 Å². The van der Waals surface area contributed by atoms with Crippen molar-refractivity contribution in [1.82, 2.24) is 0 Å². The van der Waals surface area contributed by atoms with Crippen LogP contribution in [-0.4, -0.2) is 13.9 Å². The molecule has 1 aliphatic heterocycles. The summed E-state index contributed by atoms with van der Waals surface area (Å²) in [5, 5.41) is -1.35. The third-order valence-electron chi connectivity index (χ3n) is 1.83. The first-order chi connectivity index (χ1) is 5.55. The van der Waals surface area contributed by atoms with E-state index in [2.05, 4.69) is 0 Å². The van der Waals surface area contributed by atoms with Gasteiger partial charge in [-0.15, -0.1) is 0 Å². The molecular weight excluding hydrogens is 186 g/mol. The van der Waals surface area contributed by atoms with Crippen LogP contribution in [0.25, 0.3) is 0 Å². The molecule has 0 aromatic rings. The van der Waals surface area contributed by atoms with Crippen LogP contribution < -0.4 is 0 Å². The Morgan fingerprint density at radius 1 is 1.42 bits per heavy atom. The van der Waals surface area contributed by atoms with E-state index in [1.807, 2.05) is 0 Å². The Morgan fingerprint density at radius 2 is 2.08 bits per heavy atom. The average Bonchev–Trinajstić information content (AvgIpc) is 2.53. The molecule has 0 saturated carbocycles. The summed E-state index contributed by atoms with van der Waals surface area (Å²) in [6.45, 7) is 0. The van der Waals surface area contributed by atoms with Crippen molar-refractivity contribution in [2.75, 3.05) is 0 Å². The van der Waals surface area contributed by atoms with E-state index in [9.17, 15) is 17.2 Å². The van der Waals surface area contributed by atoms with Crippen LogP contribution in [0.3, 0.4) is 0 Å². The van der Waals surface area contributed by atoms with Gasteiger partial charge in [-0.25, -0.2) is 12.8 Å². The van der Waals surface area contributed by atoms with E-state index in [-0.39, 0.29) is 11.1 Å². The maximum absolute atomic E-state index is 12.9. The third kappa shape index (κ3) is 0.691. The van der Waals surface area contributed by atoms with Crippen LogP contribution in [0.1, 0.15) is 0 Å². The van der Waals surface area contributed by atoms with E-state index in [0.717, 1.165) is 0 Å². The molecule has 2 aliphatic rings. The van der Waals surface area contributed by atoms with E-state index in [1.54, 1.807) is 0 Å². The van der Waals surface area contributed by atoms with Gasteiger partial charge in [-0.2, -0.15) is 4.39 Å². The fourth-order valence-electron chi connectivity index (χ4n) is 1.22. The van der Waals surface area contributed by atoms with Crippen molar-refractivity contribution in [1.29, 1.82) is 0 Å². The van der Waals surface area contributed by atoms with Crippen molar-refractivity contribution in [3.8, 4) is 0 Å². The predicted molar refractivity (Wildman–Crippen MR) is 39.2 cm³/mol. The van der Waals surface area contributed by atoms with Crippen LogP contribution in [0.15, 0.2) is 34.5 Å². The van der Waals surface area contributed by atoms with Gasteiger partial charge in [0.1, 0.15) is 0 Å². The van der Waals surface area contributed by atoms with Gasteiger partial charge in [-0.05, 0) is 0 Å². The molecule has 1 unspecified atom stereocenters. The quantitative estimate of drug-likeness (QED) is 0.578. The lowest BCUT2D eigenvalue weighted by atomic mass is 10.2. The molecule has 12 heavy (non-hydrogen) atoms. The lowest BCUT2D eigenvalue weighted by Crippen LogP contribution is -2.11. The maximum Gasteiger partial charge on any atom is 0.242 e.